The molecule has 0 unspecified atom stereocenters. The van der Waals surface area contributed by atoms with Gasteiger partial charge in [0.05, 0.1) is 29.1 Å². The Morgan fingerprint density at radius 1 is 1.60 bits per heavy atom. The monoisotopic (exact) mass is 273 g/mol. The Hall–Kier alpha value is -0.810. The quantitative estimate of drug-likeness (QED) is 0.808. The molecule has 1 aromatic rings. The largest absolute Gasteiger partial charge is 0.397 e. The molecule has 0 atom stereocenters. The second-order valence-electron chi connectivity index (χ2n) is 3.45. The van der Waals surface area contributed by atoms with E-state index < -0.39 is 0 Å². The fourth-order valence-electron chi connectivity index (χ4n) is 1.05. The first-order chi connectivity index (χ1) is 7.09. The van der Waals surface area contributed by atoms with Crippen molar-refractivity contribution in [3.63, 3.8) is 0 Å². The Morgan fingerprint density at radius 3 is 2.93 bits per heavy atom. The van der Waals surface area contributed by atoms with Crippen LogP contribution in [0.5, 0.6) is 0 Å². The minimum Gasteiger partial charge on any atom is -0.397 e. The van der Waals surface area contributed by atoms with Gasteiger partial charge in [0.2, 0.25) is 0 Å². The minimum atomic E-state index is 0.259. The molecule has 0 aliphatic heterocycles. The van der Waals surface area contributed by atoms with Crippen LogP contribution in [0.2, 0.25) is 0 Å². The summed E-state index contributed by atoms with van der Waals surface area (Å²) < 4.78 is 6.26. The highest BCUT2D eigenvalue weighted by atomic mass is 79.9. The van der Waals surface area contributed by atoms with Gasteiger partial charge in [0, 0.05) is 6.54 Å². The van der Waals surface area contributed by atoms with Crippen LogP contribution in [0.3, 0.4) is 0 Å². The highest BCUT2D eigenvalue weighted by molar-refractivity contribution is 9.10. The van der Waals surface area contributed by atoms with E-state index in [1.54, 1.807) is 6.20 Å². The molecule has 1 heterocycles. The lowest BCUT2D eigenvalue weighted by Gasteiger charge is -2.10. The van der Waals surface area contributed by atoms with Gasteiger partial charge < -0.3 is 15.8 Å². The number of nitrogens with zero attached hydrogens (tertiary/aromatic N) is 1. The van der Waals surface area contributed by atoms with Crippen LogP contribution in [0.25, 0.3) is 0 Å². The number of aromatic nitrogens is 1. The highest BCUT2D eigenvalue weighted by Crippen LogP contribution is 2.21. The van der Waals surface area contributed by atoms with Crippen molar-refractivity contribution in [2.45, 2.75) is 20.0 Å². The average molecular weight is 274 g/mol. The van der Waals surface area contributed by atoms with Crippen LogP contribution in [0.4, 0.5) is 11.5 Å². The molecule has 0 radical (unpaired) electrons. The summed E-state index contributed by atoms with van der Waals surface area (Å²) in [5, 5.41) is 3.16. The standard InChI is InChI=1S/C10H16BrN3O/c1-7(2)15-4-3-13-10-9(11)5-8(12)6-14-10/h5-7H,3-4,12H2,1-2H3,(H,13,14). The van der Waals surface area contributed by atoms with E-state index in [1.165, 1.54) is 0 Å². The summed E-state index contributed by atoms with van der Waals surface area (Å²) in [5.41, 5.74) is 6.22. The summed E-state index contributed by atoms with van der Waals surface area (Å²) in [4.78, 5) is 4.16. The van der Waals surface area contributed by atoms with Crippen LogP contribution < -0.4 is 11.1 Å². The Morgan fingerprint density at radius 2 is 2.33 bits per heavy atom. The van der Waals surface area contributed by atoms with Gasteiger partial charge in [0.1, 0.15) is 5.82 Å². The molecular weight excluding hydrogens is 258 g/mol. The van der Waals surface area contributed by atoms with Gasteiger partial charge in [-0.1, -0.05) is 0 Å². The van der Waals surface area contributed by atoms with Crippen molar-refractivity contribution in [2.24, 2.45) is 0 Å². The zero-order valence-corrected chi connectivity index (χ0v) is 10.5. The van der Waals surface area contributed by atoms with Crippen LogP contribution in [0, 0.1) is 0 Å². The Kier molecular flexibility index (Phi) is 4.84. The van der Waals surface area contributed by atoms with Crippen LogP contribution >= 0.6 is 15.9 Å². The van der Waals surface area contributed by atoms with Gasteiger partial charge in [0.15, 0.2) is 0 Å². The van der Waals surface area contributed by atoms with Crippen molar-refractivity contribution >= 4 is 27.4 Å². The molecule has 84 valence electrons. The van der Waals surface area contributed by atoms with E-state index in [4.69, 9.17) is 10.5 Å². The number of nitrogens with two attached hydrogens (primary N) is 1. The number of hydrogen-bond acceptors (Lipinski definition) is 4. The molecule has 0 saturated carbocycles. The number of pyridine rings is 1. The maximum absolute atomic E-state index is 5.58. The molecule has 0 aromatic carbocycles. The molecule has 1 rings (SSSR count). The fraction of sp³-hybridized carbons (Fsp3) is 0.500. The highest BCUT2D eigenvalue weighted by Gasteiger charge is 2.01. The van der Waals surface area contributed by atoms with Crippen molar-refractivity contribution in [1.82, 2.24) is 4.98 Å². The normalized spacial score (nSPS) is 10.7. The third-order valence-electron chi connectivity index (χ3n) is 1.71. The lowest BCUT2D eigenvalue weighted by atomic mass is 10.4. The van der Waals surface area contributed by atoms with Gasteiger partial charge in [-0.2, -0.15) is 0 Å². The van der Waals surface area contributed by atoms with E-state index in [9.17, 15) is 0 Å². The third-order valence-corrected chi connectivity index (χ3v) is 2.31. The SMILES string of the molecule is CC(C)OCCNc1ncc(N)cc1Br. The molecule has 1 aromatic heterocycles. The zero-order chi connectivity index (χ0) is 11.3. The Labute approximate surface area is 98.3 Å². The summed E-state index contributed by atoms with van der Waals surface area (Å²) in [6.45, 7) is 5.42. The number of nitrogen functional groups attached to an aromatic ring is 1. The second kappa shape index (κ2) is 5.92. The number of rotatable bonds is 5. The predicted octanol–water partition coefficient (Wildman–Crippen LogP) is 2.26. The molecule has 0 fully saturated rings. The Bertz CT molecular complexity index is 318. The van der Waals surface area contributed by atoms with E-state index in [2.05, 4.69) is 26.2 Å². The summed E-state index contributed by atoms with van der Waals surface area (Å²) in [5.74, 6) is 0.788. The van der Waals surface area contributed by atoms with Gasteiger partial charge in [-0.15, -0.1) is 0 Å². The first-order valence-electron chi connectivity index (χ1n) is 4.86. The molecule has 0 spiro atoms. The fourth-order valence-corrected chi connectivity index (χ4v) is 1.55. The molecule has 0 aliphatic carbocycles. The number of nitrogens with one attached hydrogen (secondary N) is 1. The van der Waals surface area contributed by atoms with Crippen molar-refractivity contribution < 1.29 is 4.74 Å². The third kappa shape index (κ3) is 4.48. The molecule has 0 bridgehead atoms. The molecule has 5 heteroatoms. The average Bonchev–Trinajstić information content (AvgIpc) is 2.14. The molecule has 15 heavy (non-hydrogen) atoms. The van der Waals surface area contributed by atoms with Crippen LogP contribution in [0.15, 0.2) is 16.7 Å². The van der Waals surface area contributed by atoms with Crippen molar-refractivity contribution in [3.05, 3.63) is 16.7 Å². The number of ether oxygens (including phenoxy) is 1. The summed E-state index contributed by atoms with van der Waals surface area (Å²) >= 11 is 3.38. The lowest BCUT2D eigenvalue weighted by Crippen LogP contribution is -2.14. The first-order valence-corrected chi connectivity index (χ1v) is 5.65. The predicted molar refractivity (Wildman–Crippen MR) is 65.9 cm³/mol. The van der Waals surface area contributed by atoms with E-state index in [0.717, 1.165) is 16.8 Å². The van der Waals surface area contributed by atoms with E-state index in [0.29, 0.717) is 12.3 Å². The molecule has 0 aliphatic rings. The zero-order valence-electron chi connectivity index (χ0n) is 8.96. The van der Waals surface area contributed by atoms with Gasteiger partial charge in [-0.05, 0) is 35.8 Å². The summed E-state index contributed by atoms with van der Waals surface area (Å²) in [7, 11) is 0. The maximum atomic E-state index is 5.58. The van der Waals surface area contributed by atoms with Crippen LogP contribution in [-0.4, -0.2) is 24.2 Å². The number of anilines is 2. The maximum Gasteiger partial charge on any atom is 0.140 e. The van der Waals surface area contributed by atoms with E-state index >= 15 is 0 Å². The lowest BCUT2D eigenvalue weighted by molar-refractivity contribution is 0.0870. The smallest absolute Gasteiger partial charge is 0.140 e. The summed E-state index contributed by atoms with van der Waals surface area (Å²) in [6.07, 6.45) is 1.88. The molecule has 0 amide bonds. The van der Waals surface area contributed by atoms with Crippen molar-refractivity contribution in [1.29, 1.82) is 0 Å². The number of hydrogen-bond donors (Lipinski definition) is 2. The molecule has 4 nitrogen and oxygen atoms in total. The minimum absolute atomic E-state index is 0.259. The Balaban J connectivity index is 2.37. The topological polar surface area (TPSA) is 60.2 Å². The number of halogens is 1. The van der Waals surface area contributed by atoms with E-state index in [1.807, 2.05) is 19.9 Å². The van der Waals surface area contributed by atoms with Gasteiger partial charge in [-0.25, -0.2) is 4.98 Å². The van der Waals surface area contributed by atoms with E-state index in [-0.39, 0.29) is 6.10 Å². The molecule has 0 saturated heterocycles. The van der Waals surface area contributed by atoms with Crippen molar-refractivity contribution in [2.75, 3.05) is 24.2 Å². The molecule has 3 N–H and O–H groups in total. The molecular formula is C10H16BrN3O. The van der Waals surface area contributed by atoms with Gasteiger partial charge >= 0.3 is 0 Å². The second-order valence-corrected chi connectivity index (χ2v) is 4.30. The van der Waals surface area contributed by atoms with Crippen LogP contribution in [0.1, 0.15) is 13.8 Å². The summed E-state index contributed by atoms with van der Waals surface area (Å²) in [6, 6.07) is 1.82. The van der Waals surface area contributed by atoms with Gasteiger partial charge in [0.25, 0.3) is 0 Å². The van der Waals surface area contributed by atoms with Crippen molar-refractivity contribution in [3.8, 4) is 0 Å². The first kappa shape index (κ1) is 12.3. The van der Waals surface area contributed by atoms with Gasteiger partial charge in [-0.3, -0.25) is 0 Å². The van der Waals surface area contributed by atoms with Crippen LogP contribution in [-0.2, 0) is 4.74 Å².